The largest absolute Gasteiger partial charge is 0.319 e. The molecule has 0 atom stereocenters. The molecule has 0 aliphatic rings. The summed E-state index contributed by atoms with van der Waals surface area (Å²) >= 11 is 0. The van der Waals surface area contributed by atoms with Crippen molar-refractivity contribution in [1.82, 2.24) is 5.01 Å². The Bertz CT molecular complexity index is 315. The number of hydrogen-bond donors (Lipinski definition) is 1. The van der Waals surface area contributed by atoms with E-state index in [2.05, 4.69) is 56.3 Å². The van der Waals surface area contributed by atoms with Gasteiger partial charge in [-0.05, 0) is 49.9 Å². The predicted molar refractivity (Wildman–Crippen MR) is 71.7 cm³/mol. The van der Waals surface area contributed by atoms with E-state index in [1.54, 1.807) is 0 Å². The summed E-state index contributed by atoms with van der Waals surface area (Å²) in [5.41, 5.74) is 7.38. The highest BCUT2D eigenvalue weighted by Crippen LogP contribution is 2.15. The second-order valence-corrected chi connectivity index (χ2v) is 4.40. The molecule has 0 heterocycles. The van der Waals surface area contributed by atoms with E-state index in [1.165, 1.54) is 29.7 Å². The van der Waals surface area contributed by atoms with Gasteiger partial charge in [-0.15, -0.1) is 0 Å². The minimum absolute atomic E-state index is 1.10. The van der Waals surface area contributed by atoms with Gasteiger partial charge in [-0.3, -0.25) is 0 Å². The molecule has 16 heavy (non-hydrogen) atoms. The maximum absolute atomic E-state index is 3.48. The molecule has 1 rings (SSSR count). The van der Waals surface area contributed by atoms with Gasteiger partial charge >= 0.3 is 0 Å². The molecule has 0 bridgehead atoms. The van der Waals surface area contributed by atoms with Gasteiger partial charge in [-0.1, -0.05) is 19.9 Å². The van der Waals surface area contributed by atoms with Crippen LogP contribution in [-0.4, -0.2) is 18.1 Å². The molecule has 2 nitrogen and oxygen atoms in total. The lowest BCUT2D eigenvalue weighted by Crippen LogP contribution is -2.31. The van der Waals surface area contributed by atoms with E-state index in [9.17, 15) is 0 Å². The molecule has 0 unspecified atom stereocenters. The number of nitrogens with zero attached hydrogens (tertiary/aromatic N) is 1. The van der Waals surface area contributed by atoms with Gasteiger partial charge in [-0.2, -0.15) is 0 Å². The van der Waals surface area contributed by atoms with Gasteiger partial charge in [-0.25, -0.2) is 5.01 Å². The molecule has 0 saturated heterocycles. The maximum atomic E-state index is 3.48. The molecule has 2 heteroatoms. The van der Waals surface area contributed by atoms with Crippen molar-refractivity contribution in [3.05, 3.63) is 29.3 Å². The monoisotopic (exact) mass is 220 g/mol. The van der Waals surface area contributed by atoms with E-state index in [-0.39, 0.29) is 0 Å². The van der Waals surface area contributed by atoms with Crippen molar-refractivity contribution in [2.24, 2.45) is 0 Å². The lowest BCUT2D eigenvalue weighted by molar-refractivity contribution is 0.330. The van der Waals surface area contributed by atoms with Crippen molar-refractivity contribution >= 4 is 5.69 Å². The topological polar surface area (TPSA) is 15.3 Å². The molecule has 0 aliphatic heterocycles. The number of hydrazine groups is 1. The molecule has 0 amide bonds. The van der Waals surface area contributed by atoms with Crippen molar-refractivity contribution in [3.63, 3.8) is 0 Å². The Balaban J connectivity index is 2.65. The van der Waals surface area contributed by atoms with Crippen LogP contribution in [0, 0.1) is 13.8 Å². The van der Waals surface area contributed by atoms with Crippen LogP contribution < -0.4 is 5.43 Å². The quantitative estimate of drug-likeness (QED) is 0.734. The number of benzene rings is 1. The van der Waals surface area contributed by atoms with Crippen molar-refractivity contribution in [2.75, 3.05) is 18.5 Å². The number of nitrogens with one attached hydrogen (secondary N) is 1. The smallest absolute Gasteiger partial charge is 0.0492 e. The highest BCUT2D eigenvalue weighted by molar-refractivity contribution is 5.47. The first kappa shape index (κ1) is 13.0. The van der Waals surface area contributed by atoms with Gasteiger partial charge in [0.15, 0.2) is 0 Å². The van der Waals surface area contributed by atoms with E-state index >= 15 is 0 Å². The Morgan fingerprint density at radius 3 is 2.12 bits per heavy atom. The maximum Gasteiger partial charge on any atom is 0.0492 e. The summed E-state index contributed by atoms with van der Waals surface area (Å²) < 4.78 is 0. The van der Waals surface area contributed by atoms with Gasteiger partial charge in [0.25, 0.3) is 0 Å². The third kappa shape index (κ3) is 3.86. The van der Waals surface area contributed by atoms with Crippen LogP contribution in [0.4, 0.5) is 5.69 Å². The van der Waals surface area contributed by atoms with Crippen LogP contribution in [0.25, 0.3) is 0 Å². The minimum Gasteiger partial charge on any atom is -0.319 e. The molecular weight excluding hydrogens is 196 g/mol. The fourth-order valence-electron chi connectivity index (χ4n) is 1.76. The zero-order valence-electron chi connectivity index (χ0n) is 11.0. The lowest BCUT2D eigenvalue weighted by Gasteiger charge is -2.23. The van der Waals surface area contributed by atoms with E-state index in [0.717, 1.165) is 13.1 Å². The lowest BCUT2D eigenvalue weighted by atomic mass is 10.1. The molecule has 0 aromatic heterocycles. The number of anilines is 1. The summed E-state index contributed by atoms with van der Waals surface area (Å²) in [5.74, 6) is 0. The van der Waals surface area contributed by atoms with Crippen molar-refractivity contribution in [1.29, 1.82) is 0 Å². The SMILES string of the molecule is CCCN(CCC)Nc1ccc(C)c(C)c1. The zero-order chi connectivity index (χ0) is 12.0. The molecule has 90 valence electrons. The Morgan fingerprint density at radius 2 is 1.62 bits per heavy atom. The van der Waals surface area contributed by atoms with Crippen molar-refractivity contribution < 1.29 is 0 Å². The predicted octanol–water partition coefficient (Wildman–Crippen LogP) is 3.75. The Morgan fingerprint density at radius 1 is 1.00 bits per heavy atom. The Labute approximate surface area is 99.6 Å². The van der Waals surface area contributed by atoms with Crippen LogP contribution in [0.1, 0.15) is 37.8 Å². The summed E-state index contributed by atoms with van der Waals surface area (Å²) in [6.45, 7) is 10.9. The summed E-state index contributed by atoms with van der Waals surface area (Å²) in [6.07, 6.45) is 2.36. The van der Waals surface area contributed by atoms with Crippen LogP contribution >= 0.6 is 0 Å². The van der Waals surface area contributed by atoms with E-state index < -0.39 is 0 Å². The van der Waals surface area contributed by atoms with Crippen LogP contribution in [0.5, 0.6) is 0 Å². The summed E-state index contributed by atoms with van der Waals surface area (Å²) in [7, 11) is 0. The van der Waals surface area contributed by atoms with Gasteiger partial charge < -0.3 is 5.43 Å². The first-order valence-electron chi connectivity index (χ1n) is 6.26. The van der Waals surface area contributed by atoms with Gasteiger partial charge in [0, 0.05) is 18.8 Å². The molecule has 1 N–H and O–H groups in total. The van der Waals surface area contributed by atoms with Crippen LogP contribution in [-0.2, 0) is 0 Å². The highest BCUT2D eigenvalue weighted by atomic mass is 15.5. The fourth-order valence-corrected chi connectivity index (χ4v) is 1.76. The second-order valence-electron chi connectivity index (χ2n) is 4.40. The Hall–Kier alpha value is -1.02. The third-order valence-corrected chi connectivity index (χ3v) is 2.78. The third-order valence-electron chi connectivity index (χ3n) is 2.78. The Kier molecular flexibility index (Phi) is 5.33. The summed E-state index contributed by atoms with van der Waals surface area (Å²) in [4.78, 5) is 0. The normalized spacial score (nSPS) is 10.8. The van der Waals surface area contributed by atoms with E-state index in [1.807, 2.05) is 0 Å². The number of hydrogen-bond acceptors (Lipinski definition) is 2. The second kappa shape index (κ2) is 6.54. The fraction of sp³-hybridized carbons (Fsp3) is 0.571. The van der Waals surface area contributed by atoms with Gasteiger partial charge in [0.1, 0.15) is 0 Å². The van der Waals surface area contributed by atoms with E-state index in [0.29, 0.717) is 0 Å². The summed E-state index contributed by atoms with van der Waals surface area (Å²) in [5, 5.41) is 2.30. The molecule has 0 aliphatic carbocycles. The molecular formula is C14H24N2. The number of rotatable bonds is 6. The molecule has 0 spiro atoms. The average Bonchev–Trinajstić information content (AvgIpc) is 2.24. The average molecular weight is 220 g/mol. The molecule has 0 fully saturated rings. The molecule has 0 saturated carbocycles. The summed E-state index contributed by atoms with van der Waals surface area (Å²) in [6, 6.07) is 6.54. The first-order valence-corrected chi connectivity index (χ1v) is 6.26. The molecule has 1 aromatic rings. The molecule has 0 radical (unpaired) electrons. The zero-order valence-corrected chi connectivity index (χ0v) is 11.0. The standard InChI is InChI=1S/C14H24N2/c1-5-9-16(10-6-2)15-14-8-7-12(3)13(4)11-14/h7-8,11,15H,5-6,9-10H2,1-4H3. The van der Waals surface area contributed by atoms with Crippen LogP contribution in [0.3, 0.4) is 0 Å². The molecule has 1 aromatic carbocycles. The highest BCUT2D eigenvalue weighted by Gasteiger charge is 2.02. The van der Waals surface area contributed by atoms with Crippen LogP contribution in [0.2, 0.25) is 0 Å². The van der Waals surface area contributed by atoms with Gasteiger partial charge in [0.2, 0.25) is 0 Å². The van der Waals surface area contributed by atoms with Crippen molar-refractivity contribution in [3.8, 4) is 0 Å². The van der Waals surface area contributed by atoms with Gasteiger partial charge in [0.05, 0.1) is 0 Å². The van der Waals surface area contributed by atoms with Crippen LogP contribution in [0.15, 0.2) is 18.2 Å². The van der Waals surface area contributed by atoms with E-state index in [4.69, 9.17) is 0 Å². The first-order chi connectivity index (χ1) is 7.67. The number of aryl methyl sites for hydroxylation is 2. The van der Waals surface area contributed by atoms with Crippen molar-refractivity contribution in [2.45, 2.75) is 40.5 Å². The minimum atomic E-state index is 1.10.